The molecule has 1 saturated heterocycles. The van der Waals surface area contributed by atoms with Gasteiger partial charge >= 0.3 is 0 Å². The number of sulfone groups is 1. The number of primary amides is 1. The van der Waals surface area contributed by atoms with Crippen LogP contribution in [0.15, 0.2) is 18.2 Å². The van der Waals surface area contributed by atoms with Crippen molar-refractivity contribution in [2.24, 2.45) is 5.73 Å². The highest BCUT2D eigenvalue weighted by Gasteiger charge is 2.28. The molecule has 1 fully saturated rings. The number of nitrogen functional groups attached to an aromatic ring is 1. The molecule has 2 rings (SSSR count). The fourth-order valence-electron chi connectivity index (χ4n) is 2.25. The van der Waals surface area contributed by atoms with Crippen molar-refractivity contribution in [3.63, 3.8) is 0 Å². The molecule has 0 spiro atoms. The van der Waals surface area contributed by atoms with Crippen LogP contribution in [0.4, 0.5) is 5.69 Å². The highest BCUT2D eigenvalue weighted by atomic mass is 32.2. The number of ether oxygens (including phenoxy) is 1. The van der Waals surface area contributed by atoms with Crippen LogP contribution in [0, 0.1) is 0 Å². The Balaban J connectivity index is 2.18. The quantitative estimate of drug-likeness (QED) is 0.784. The molecule has 0 bridgehead atoms. The summed E-state index contributed by atoms with van der Waals surface area (Å²) in [4.78, 5) is 11.0. The number of benzene rings is 1. The van der Waals surface area contributed by atoms with Gasteiger partial charge < -0.3 is 16.2 Å². The van der Waals surface area contributed by atoms with Crippen LogP contribution in [0.2, 0.25) is 0 Å². The number of hydrogen-bond acceptors (Lipinski definition) is 5. The van der Waals surface area contributed by atoms with Gasteiger partial charge in [-0.25, -0.2) is 8.42 Å². The molecular formula is C13H18N2O4S. The molecule has 1 aliphatic heterocycles. The Kier molecular flexibility index (Phi) is 4.29. The van der Waals surface area contributed by atoms with E-state index in [2.05, 4.69) is 0 Å². The first-order chi connectivity index (χ1) is 9.40. The van der Waals surface area contributed by atoms with Crippen LogP contribution in [0.5, 0.6) is 0 Å². The summed E-state index contributed by atoms with van der Waals surface area (Å²) in [5.74, 6) is -0.710. The highest BCUT2D eigenvalue weighted by molar-refractivity contribution is 7.91. The number of hydrogen-bond donors (Lipinski definition) is 2. The first kappa shape index (κ1) is 14.8. The molecule has 20 heavy (non-hydrogen) atoms. The van der Waals surface area contributed by atoms with Gasteiger partial charge in [-0.15, -0.1) is 0 Å². The standard InChI is InChI=1S/C13H18N2O4S/c14-12-7-9(13(15)16)1-2-10(12)8-20(17,18)11-3-5-19-6-4-11/h1-2,7,11H,3-6,8,14H2,(H2,15,16). The van der Waals surface area contributed by atoms with Gasteiger partial charge in [0, 0.05) is 24.5 Å². The van der Waals surface area contributed by atoms with Crippen molar-refractivity contribution < 1.29 is 17.9 Å². The molecule has 0 unspecified atom stereocenters. The molecule has 0 saturated carbocycles. The average Bonchev–Trinajstić information content (AvgIpc) is 2.41. The van der Waals surface area contributed by atoms with E-state index < -0.39 is 15.7 Å². The van der Waals surface area contributed by atoms with Crippen molar-refractivity contribution in [1.82, 2.24) is 0 Å². The molecule has 1 amide bonds. The van der Waals surface area contributed by atoms with E-state index in [-0.39, 0.29) is 22.3 Å². The summed E-state index contributed by atoms with van der Waals surface area (Å²) in [7, 11) is -3.27. The molecule has 0 atom stereocenters. The van der Waals surface area contributed by atoms with E-state index in [1.54, 1.807) is 6.07 Å². The van der Waals surface area contributed by atoms with Gasteiger partial charge in [0.2, 0.25) is 5.91 Å². The number of carbonyl (C=O) groups excluding carboxylic acids is 1. The molecule has 1 heterocycles. The summed E-state index contributed by atoms with van der Waals surface area (Å²) in [6.45, 7) is 0.944. The summed E-state index contributed by atoms with van der Waals surface area (Å²) < 4.78 is 29.8. The topological polar surface area (TPSA) is 112 Å². The van der Waals surface area contributed by atoms with Crippen molar-refractivity contribution in [2.45, 2.75) is 23.8 Å². The zero-order valence-corrected chi connectivity index (χ0v) is 11.9. The second-order valence-electron chi connectivity index (χ2n) is 4.90. The predicted molar refractivity (Wildman–Crippen MR) is 75.8 cm³/mol. The van der Waals surface area contributed by atoms with E-state index in [0.717, 1.165) is 0 Å². The molecule has 1 aliphatic rings. The number of rotatable bonds is 4. The fourth-order valence-corrected chi connectivity index (χ4v) is 4.09. The molecule has 7 heteroatoms. The van der Waals surface area contributed by atoms with Gasteiger partial charge in [-0.1, -0.05) is 6.07 Å². The number of carbonyl (C=O) groups is 1. The fraction of sp³-hybridized carbons (Fsp3) is 0.462. The summed E-state index contributed by atoms with van der Waals surface area (Å²) in [6.07, 6.45) is 1.03. The second kappa shape index (κ2) is 5.80. The van der Waals surface area contributed by atoms with E-state index in [4.69, 9.17) is 16.2 Å². The van der Waals surface area contributed by atoms with Crippen LogP contribution in [0.3, 0.4) is 0 Å². The average molecular weight is 298 g/mol. The summed E-state index contributed by atoms with van der Waals surface area (Å²) in [5.41, 5.74) is 12.0. The molecule has 0 aliphatic carbocycles. The Morgan fingerprint density at radius 2 is 1.95 bits per heavy atom. The van der Waals surface area contributed by atoms with Crippen LogP contribution < -0.4 is 11.5 Å². The van der Waals surface area contributed by atoms with Crippen molar-refractivity contribution in [1.29, 1.82) is 0 Å². The number of amides is 1. The van der Waals surface area contributed by atoms with Crippen molar-refractivity contribution in [3.05, 3.63) is 29.3 Å². The van der Waals surface area contributed by atoms with Crippen LogP contribution in [0.1, 0.15) is 28.8 Å². The first-order valence-electron chi connectivity index (χ1n) is 6.37. The van der Waals surface area contributed by atoms with Crippen LogP contribution in [0.25, 0.3) is 0 Å². The smallest absolute Gasteiger partial charge is 0.248 e. The van der Waals surface area contributed by atoms with Crippen molar-refractivity contribution >= 4 is 21.4 Å². The normalized spacial score (nSPS) is 17.0. The van der Waals surface area contributed by atoms with Gasteiger partial charge in [-0.05, 0) is 30.5 Å². The third kappa shape index (κ3) is 3.29. The molecular weight excluding hydrogens is 280 g/mol. The summed E-state index contributed by atoms with van der Waals surface area (Å²) >= 11 is 0. The summed E-state index contributed by atoms with van der Waals surface area (Å²) in [6, 6.07) is 4.46. The molecule has 4 N–H and O–H groups in total. The maximum atomic E-state index is 12.3. The van der Waals surface area contributed by atoms with Gasteiger partial charge in [-0.3, -0.25) is 4.79 Å². The Bertz CT molecular complexity index is 607. The lowest BCUT2D eigenvalue weighted by atomic mass is 10.1. The van der Waals surface area contributed by atoms with Gasteiger partial charge in [0.1, 0.15) is 0 Å². The van der Waals surface area contributed by atoms with Crippen molar-refractivity contribution in [3.8, 4) is 0 Å². The monoisotopic (exact) mass is 298 g/mol. The van der Waals surface area contributed by atoms with Crippen LogP contribution >= 0.6 is 0 Å². The maximum Gasteiger partial charge on any atom is 0.248 e. The van der Waals surface area contributed by atoms with E-state index >= 15 is 0 Å². The lowest BCUT2D eigenvalue weighted by Gasteiger charge is -2.22. The van der Waals surface area contributed by atoms with Gasteiger partial charge in [0.15, 0.2) is 9.84 Å². The zero-order valence-electron chi connectivity index (χ0n) is 11.0. The Hall–Kier alpha value is -1.60. The number of anilines is 1. The lowest BCUT2D eigenvalue weighted by Crippen LogP contribution is -2.30. The van der Waals surface area contributed by atoms with Gasteiger partial charge in [-0.2, -0.15) is 0 Å². The molecule has 110 valence electrons. The Morgan fingerprint density at radius 1 is 1.30 bits per heavy atom. The maximum absolute atomic E-state index is 12.3. The molecule has 0 radical (unpaired) electrons. The van der Waals surface area contributed by atoms with E-state index in [9.17, 15) is 13.2 Å². The van der Waals surface area contributed by atoms with E-state index in [0.29, 0.717) is 31.6 Å². The van der Waals surface area contributed by atoms with Crippen molar-refractivity contribution in [2.75, 3.05) is 18.9 Å². The number of nitrogens with two attached hydrogens (primary N) is 2. The minimum atomic E-state index is -3.27. The van der Waals surface area contributed by atoms with Gasteiger partial charge in [0.25, 0.3) is 0 Å². The molecule has 0 aromatic heterocycles. The second-order valence-corrected chi connectivity index (χ2v) is 7.18. The third-order valence-corrected chi connectivity index (χ3v) is 5.66. The molecule has 6 nitrogen and oxygen atoms in total. The SMILES string of the molecule is NC(=O)c1ccc(CS(=O)(=O)C2CCOCC2)c(N)c1. The predicted octanol–water partition coefficient (Wildman–Crippen LogP) is 0.461. The molecule has 1 aromatic rings. The van der Waals surface area contributed by atoms with E-state index in [1.165, 1.54) is 12.1 Å². The van der Waals surface area contributed by atoms with Gasteiger partial charge in [0.05, 0.1) is 11.0 Å². The van der Waals surface area contributed by atoms with E-state index in [1.807, 2.05) is 0 Å². The Labute approximate surface area is 118 Å². The highest BCUT2D eigenvalue weighted by Crippen LogP contribution is 2.23. The Morgan fingerprint density at radius 3 is 2.50 bits per heavy atom. The summed E-state index contributed by atoms with van der Waals surface area (Å²) in [5, 5.41) is -0.383. The third-order valence-electron chi connectivity index (χ3n) is 3.46. The zero-order chi connectivity index (χ0) is 14.8. The molecule has 1 aromatic carbocycles. The minimum Gasteiger partial charge on any atom is -0.398 e. The minimum absolute atomic E-state index is 0.122. The first-order valence-corrected chi connectivity index (χ1v) is 8.09. The largest absolute Gasteiger partial charge is 0.398 e. The lowest BCUT2D eigenvalue weighted by molar-refractivity contribution is 0.0983. The van der Waals surface area contributed by atoms with Crippen LogP contribution in [-0.4, -0.2) is 32.8 Å². The van der Waals surface area contributed by atoms with Crippen LogP contribution in [-0.2, 0) is 20.3 Å².